The Balaban J connectivity index is 2.15. The minimum atomic E-state index is 0.181. The van der Waals surface area contributed by atoms with Crippen LogP contribution in [0.2, 0.25) is 0 Å². The second-order valence-electron chi connectivity index (χ2n) is 2.89. The molecule has 0 unspecified atom stereocenters. The first-order chi connectivity index (χ1) is 7.24. The third-order valence-corrected chi connectivity index (χ3v) is 1.69. The van der Waals surface area contributed by atoms with Gasteiger partial charge in [0.2, 0.25) is 0 Å². The second kappa shape index (κ2) is 3.83. The second-order valence-corrected chi connectivity index (χ2v) is 2.89. The van der Waals surface area contributed by atoms with Gasteiger partial charge in [-0.05, 0) is 24.3 Å². The van der Waals surface area contributed by atoms with Crippen molar-refractivity contribution < 1.29 is 9.84 Å². The molecule has 5 nitrogen and oxygen atoms in total. The Morgan fingerprint density at radius 3 is 2.27 bits per heavy atom. The summed E-state index contributed by atoms with van der Waals surface area (Å²) in [5.74, 6) is 0.734. The lowest BCUT2D eigenvalue weighted by Gasteiger charge is -2.02. The maximum absolute atomic E-state index is 9.06. The Morgan fingerprint density at radius 1 is 1.07 bits per heavy atom. The molecule has 1 heterocycles. The van der Waals surface area contributed by atoms with Crippen LogP contribution >= 0.6 is 0 Å². The van der Waals surface area contributed by atoms with E-state index in [1.54, 1.807) is 12.1 Å². The average molecular weight is 203 g/mol. The first-order valence-electron chi connectivity index (χ1n) is 4.28. The van der Waals surface area contributed by atoms with Crippen molar-refractivity contribution in [2.24, 2.45) is 0 Å². The molecule has 2 aromatic rings. The van der Waals surface area contributed by atoms with Crippen LogP contribution < -0.4 is 10.5 Å². The van der Waals surface area contributed by atoms with Gasteiger partial charge in [-0.3, -0.25) is 0 Å². The van der Waals surface area contributed by atoms with Gasteiger partial charge < -0.3 is 15.6 Å². The van der Waals surface area contributed by atoms with E-state index in [9.17, 15) is 0 Å². The minimum Gasteiger partial charge on any atom is -0.508 e. The number of rotatable bonds is 2. The Bertz CT molecular complexity index is 396. The standard InChI is InChI=1S/C10H9N3O2/c11-7-5-12-10(13-6-7)15-9-3-1-8(14)2-4-9/h1-6,14H,11H2. The molecule has 5 heteroatoms. The molecule has 0 aliphatic carbocycles. The number of phenols is 1. The van der Waals surface area contributed by atoms with Crippen LogP contribution in [0.3, 0.4) is 0 Å². The van der Waals surface area contributed by atoms with Crippen LogP contribution in [-0.4, -0.2) is 15.1 Å². The van der Waals surface area contributed by atoms with Crippen LogP contribution in [0.15, 0.2) is 36.7 Å². The van der Waals surface area contributed by atoms with Crippen molar-refractivity contribution in [2.45, 2.75) is 0 Å². The maximum Gasteiger partial charge on any atom is 0.322 e. The molecule has 0 saturated heterocycles. The van der Waals surface area contributed by atoms with Crippen LogP contribution in [0.25, 0.3) is 0 Å². The van der Waals surface area contributed by atoms with E-state index in [0.717, 1.165) is 0 Å². The average Bonchev–Trinajstić information content (AvgIpc) is 2.25. The molecule has 1 aromatic carbocycles. The molecule has 15 heavy (non-hydrogen) atoms. The van der Waals surface area contributed by atoms with Crippen LogP contribution in [0, 0.1) is 0 Å². The quantitative estimate of drug-likeness (QED) is 0.773. The number of phenolic OH excluding ortho intramolecular Hbond substituents is 1. The summed E-state index contributed by atoms with van der Waals surface area (Å²) in [6.07, 6.45) is 2.92. The molecule has 0 atom stereocenters. The summed E-state index contributed by atoms with van der Waals surface area (Å²) in [4.78, 5) is 7.75. The largest absolute Gasteiger partial charge is 0.508 e. The number of aromatic nitrogens is 2. The highest BCUT2D eigenvalue weighted by atomic mass is 16.5. The van der Waals surface area contributed by atoms with E-state index in [0.29, 0.717) is 11.4 Å². The summed E-state index contributed by atoms with van der Waals surface area (Å²) >= 11 is 0. The van der Waals surface area contributed by atoms with Crippen molar-refractivity contribution in [3.05, 3.63) is 36.7 Å². The van der Waals surface area contributed by atoms with E-state index in [4.69, 9.17) is 15.6 Å². The molecule has 1 aromatic heterocycles. The predicted molar refractivity (Wildman–Crippen MR) is 54.6 cm³/mol. The highest BCUT2D eigenvalue weighted by Gasteiger charge is 1.99. The van der Waals surface area contributed by atoms with Crippen molar-refractivity contribution in [3.8, 4) is 17.5 Å². The number of nitrogen functional groups attached to an aromatic ring is 1. The molecular weight excluding hydrogens is 194 g/mol. The monoisotopic (exact) mass is 203 g/mol. The molecule has 2 rings (SSSR count). The molecule has 0 fully saturated rings. The van der Waals surface area contributed by atoms with Gasteiger partial charge in [-0.15, -0.1) is 0 Å². The lowest BCUT2D eigenvalue weighted by atomic mass is 10.3. The van der Waals surface area contributed by atoms with Gasteiger partial charge in [0.05, 0.1) is 18.1 Å². The molecule has 0 spiro atoms. The fraction of sp³-hybridized carbons (Fsp3) is 0. The number of ether oxygens (including phenoxy) is 1. The Labute approximate surface area is 86.2 Å². The summed E-state index contributed by atoms with van der Waals surface area (Å²) in [5, 5.41) is 9.06. The van der Waals surface area contributed by atoms with Gasteiger partial charge in [0.25, 0.3) is 0 Å². The van der Waals surface area contributed by atoms with Gasteiger partial charge in [-0.2, -0.15) is 0 Å². The van der Waals surface area contributed by atoms with Gasteiger partial charge in [0, 0.05) is 0 Å². The number of hydrogen-bond acceptors (Lipinski definition) is 5. The highest BCUT2D eigenvalue weighted by molar-refractivity contribution is 5.34. The maximum atomic E-state index is 9.06. The van der Waals surface area contributed by atoms with Gasteiger partial charge >= 0.3 is 6.01 Å². The third kappa shape index (κ3) is 2.34. The minimum absolute atomic E-state index is 0.181. The molecule has 0 amide bonds. The summed E-state index contributed by atoms with van der Waals surface area (Å²) in [6, 6.07) is 6.50. The first-order valence-corrected chi connectivity index (χ1v) is 4.28. The third-order valence-electron chi connectivity index (χ3n) is 1.69. The molecule has 3 N–H and O–H groups in total. The fourth-order valence-corrected chi connectivity index (χ4v) is 0.998. The fourth-order valence-electron chi connectivity index (χ4n) is 0.998. The topological polar surface area (TPSA) is 81.3 Å². The lowest BCUT2D eigenvalue weighted by molar-refractivity contribution is 0.437. The Morgan fingerprint density at radius 2 is 1.67 bits per heavy atom. The first kappa shape index (κ1) is 9.26. The molecule has 0 aliphatic heterocycles. The number of benzene rings is 1. The number of anilines is 1. The summed E-state index contributed by atoms with van der Waals surface area (Å²) in [5.41, 5.74) is 5.91. The number of nitrogens with zero attached hydrogens (tertiary/aromatic N) is 2. The zero-order chi connectivity index (χ0) is 10.7. The normalized spacial score (nSPS) is 9.87. The Hall–Kier alpha value is -2.30. The summed E-state index contributed by atoms with van der Waals surface area (Å²) < 4.78 is 5.30. The highest BCUT2D eigenvalue weighted by Crippen LogP contribution is 2.20. The number of aromatic hydroxyl groups is 1. The van der Waals surface area contributed by atoms with Crippen molar-refractivity contribution in [1.82, 2.24) is 9.97 Å². The van der Waals surface area contributed by atoms with Crippen LogP contribution in [0.5, 0.6) is 17.5 Å². The van der Waals surface area contributed by atoms with E-state index < -0.39 is 0 Å². The molecular formula is C10H9N3O2. The predicted octanol–water partition coefficient (Wildman–Crippen LogP) is 1.56. The molecule has 0 saturated carbocycles. The van der Waals surface area contributed by atoms with E-state index in [-0.39, 0.29) is 11.8 Å². The molecule has 76 valence electrons. The summed E-state index contributed by atoms with van der Waals surface area (Å²) in [7, 11) is 0. The zero-order valence-corrected chi connectivity index (χ0v) is 7.79. The van der Waals surface area contributed by atoms with Crippen molar-refractivity contribution in [1.29, 1.82) is 0 Å². The van der Waals surface area contributed by atoms with E-state index in [2.05, 4.69) is 9.97 Å². The molecule has 0 bridgehead atoms. The Kier molecular flexibility index (Phi) is 2.37. The number of hydrogen-bond donors (Lipinski definition) is 2. The lowest BCUT2D eigenvalue weighted by Crippen LogP contribution is -1.93. The SMILES string of the molecule is Nc1cnc(Oc2ccc(O)cc2)nc1. The van der Waals surface area contributed by atoms with Crippen LogP contribution in [0.1, 0.15) is 0 Å². The molecule has 0 radical (unpaired) electrons. The zero-order valence-electron chi connectivity index (χ0n) is 7.79. The van der Waals surface area contributed by atoms with E-state index >= 15 is 0 Å². The number of nitrogens with two attached hydrogens (primary N) is 1. The van der Waals surface area contributed by atoms with Crippen LogP contribution in [0.4, 0.5) is 5.69 Å². The van der Waals surface area contributed by atoms with Crippen molar-refractivity contribution >= 4 is 5.69 Å². The van der Waals surface area contributed by atoms with Crippen molar-refractivity contribution in [2.75, 3.05) is 5.73 Å². The smallest absolute Gasteiger partial charge is 0.322 e. The van der Waals surface area contributed by atoms with Gasteiger partial charge in [-0.1, -0.05) is 0 Å². The van der Waals surface area contributed by atoms with E-state index in [1.807, 2.05) is 0 Å². The van der Waals surface area contributed by atoms with E-state index in [1.165, 1.54) is 24.5 Å². The molecule has 0 aliphatic rings. The van der Waals surface area contributed by atoms with Gasteiger partial charge in [-0.25, -0.2) is 9.97 Å². The van der Waals surface area contributed by atoms with Gasteiger partial charge in [0.15, 0.2) is 0 Å². The van der Waals surface area contributed by atoms with Crippen molar-refractivity contribution in [3.63, 3.8) is 0 Å². The summed E-state index contributed by atoms with van der Waals surface area (Å²) in [6.45, 7) is 0. The van der Waals surface area contributed by atoms with Crippen LogP contribution in [-0.2, 0) is 0 Å². The van der Waals surface area contributed by atoms with Gasteiger partial charge in [0.1, 0.15) is 11.5 Å².